The number of halogens is 10. The van der Waals surface area contributed by atoms with Crippen molar-refractivity contribution in [1.29, 1.82) is 0 Å². The molecular formula is C44H20F10N4. The van der Waals surface area contributed by atoms with E-state index in [4.69, 9.17) is 0 Å². The molecule has 8 bridgehead atoms. The van der Waals surface area contributed by atoms with E-state index < -0.39 is 80.4 Å². The molecule has 0 saturated heterocycles. The van der Waals surface area contributed by atoms with E-state index in [1.165, 1.54) is 48.6 Å². The molecule has 0 saturated carbocycles. The lowest BCUT2D eigenvalue weighted by Gasteiger charge is -2.10. The summed E-state index contributed by atoms with van der Waals surface area (Å²) in [5.74, 6) is -21.8. The van der Waals surface area contributed by atoms with Crippen LogP contribution in [0.3, 0.4) is 0 Å². The third kappa shape index (κ3) is 5.62. The van der Waals surface area contributed by atoms with Gasteiger partial charge < -0.3 is 9.97 Å². The molecule has 2 aliphatic rings. The minimum atomic E-state index is -2.35. The standard InChI is InChI=1S/C44H20F10N4/c45-35-33(36(46)40(50)43(53)39(35)49)31-25-15-11-21(55-25)29(19-7-3-1-4-8-19)22-12-16-26(56-22)32(34-37(47)41(51)44(54)42(52)38(34)48)28-18-14-24(58-28)30(20-9-5-2-6-10-20)23-13-17-27(31)57-23/h1-18,55,58H. The van der Waals surface area contributed by atoms with Gasteiger partial charge in [-0.15, -0.1) is 0 Å². The molecule has 0 amide bonds. The first kappa shape index (κ1) is 36.4. The fourth-order valence-corrected chi connectivity index (χ4v) is 7.20. The molecule has 2 N–H and O–H groups in total. The van der Waals surface area contributed by atoms with Crippen molar-refractivity contribution in [2.45, 2.75) is 0 Å². The summed E-state index contributed by atoms with van der Waals surface area (Å²) in [6.07, 6.45) is 5.47. The van der Waals surface area contributed by atoms with Gasteiger partial charge in [-0.3, -0.25) is 0 Å². The molecule has 0 aliphatic carbocycles. The predicted molar refractivity (Wildman–Crippen MR) is 200 cm³/mol. The minimum absolute atomic E-state index is 0.0953. The molecule has 9 rings (SSSR count). The van der Waals surface area contributed by atoms with Crippen molar-refractivity contribution in [3.8, 4) is 44.5 Å². The Morgan fingerprint density at radius 1 is 0.276 bits per heavy atom. The van der Waals surface area contributed by atoms with Gasteiger partial charge >= 0.3 is 0 Å². The summed E-state index contributed by atoms with van der Waals surface area (Å²) in [5.41, 5.74) is -2.16. The highest BCUT2D eigenvalue weighted by atomic mass is 19.2. The summed E-state index contributed by atoms with van der Waals surface area (Å²) in [6.45, 7) is 0. The van der Waals surface area contributed by atoms with Crippen LogP contribution in [0.2, 0.25) is 0 Å². The smallest absolute Gasteiger partial charge is 0.200 e. The molecule has 2 aliphatic heterocycles. The number of H-pyrrole nitrogens is 2. The lowest BCUT2D eigenvalue weighted by Crippen LogP contribution is -2.05. The second-order valence-corrected chi connectivity index (χ2v) is 13.1. The molecule has 14 heteroatoms. The number of benzene rings is 4. The predicted octanol–water partition coefficient (Wildman–Crippen LogP) is 12.7. The van der Waals surface area contributed by atoms with Crippen LogP contribution in [-0.4, -0.2) is 19.9 Å². The van der Waals surface area contributed by atoms with Gasteiger partial charge in [0.1, 0.15) is 0 Å². The van der Waals surface area contributed by atoms with E-state index >= 15 is 17.6 Å². The van der Waals surface area contributed by atoms with Crippen LogP contribution in [0.15, 0.2) is 84.9 Å². The SMILES string of the molecule is Fc1c(F)c(F)c(-c2c3nc(c(-c4ccccc4)c4ccc([nH]4)c(-c4c(F)c(F)c(F)c(F)c4F)c4nc(c(-c5ccccc5)c5ccc2[nH]5)C=C4)C=C3)c(F)c1F. The van der Waals surface area contributed by atoms with Crippen molar-refractivity contribution < 1.29 is 43.9 Å². The largest absolute Gasteiger partial charge is 0.354 e. The molecule has 286 valence electrons. The summed E-state index contributed by atoms with van der Waals surface area (Å²) >= 11 is 0. The Kier molecular flexibility index (Phi) is 8.64. The van der Waals surface area contributed by atoms with Crippen LogP contribution in [0.4, 0.5) is 43.9 Å². The van der Waals surface area contributed by atoms with E-state index in [1.54, 1.807) is 60.7 Å². The fourth-order valence-electron chi connectivity index (χ4n) is 7.20. The minimum Gasteiger partial charge on any atom is -0.354 e. The van der Waals surface area contributed by atoms with Crippen molar-refractivity contribution in [2.24, 2.45) is 0 Å². The van der Waals surface area contributed by atoms with Gasteiger partial charge in [0, 0.05) is 44.3 Å². The summed E-state index contributed by atoms with van der Waals surface area (Å²) < 4.78 is 151. The molecule has 58 heavy (non-hydrogen) atoms. The fraction of sp³-hybridized carbons (Fsp3) is 0. The third-order valence-corrected chi connectivity index (χ3v) is 9.80. The number of aromatic amines is 2. The Hall–Kier alpha value is -7.22. The van der Waals surface area contributed by atoms with Crippen molar-refractivity contribution >= 4 is 46.4 Å². The monoisotopic (exact) mass is 794 g/mol. The molecule has 0 radical (unpaired) electrons. The summed E-state index contributed by atoms with van der Waals surface area (Å²) in [4.78, 5) is 15.3. The number of nitrogens with zero attached hydrogens (tertiary/aromatic N) is 2. The van der Waals surface area contributed by atoms with E-state index in [0.717, 1.165) is 0 Å². The number of fused-ring (bicyclic) bond motifs is 8. The van der Waals surface area contributed by atoms with E-state index in [9.17, 15) is 26.3 Å². The highest BCUT2D eigenvalue weighted by Gasteiger charge is 2.31. The first-order chi connectivity index (χ1) is 27.9. The zero-order valence-corrected chi connectivity index (χ0v) is 29.1. The highest BCUT2D eigenvalue weighted by Crippen LogP contribution is 2.42. The molecule has 0 spiro atoms. The number of rotatable bonds is 4. The van der Waals surface area contributed by atoms with E-state index in [-0.39, 0.29) is 56.0 Å². The average Bonchev–Trinajstić information content (AvgIpc) is 4.09. The zero-order valence-electron chi connectivity index (χ0n) is 29.1. The van der Waals surface area contributed by atoms with Gasteiger partial charge in [-0.05, 0) is 59.7 Å². The molecule has 3 aromatic heterocycles. The quantitative estimate of drug-likeness (QED) is 0.106. The number of hydrogen-bond donors (Lipinski definition) is 2. The number of aromatic nitrogens is 4. The van der Waals surface area contributed by atoms with Crippen LogP contribution in [0.5, 0.6) is 0 Å². The maximum absolute atomic E-state index is 15.8. The van der Waals surface area contributed by atoms with E-state index in [2.05, 4.69) is 19.9 Å². The number of hydrogen-bond acceptors (Lipinski definition) is 2. The highest BCUT2D eigenvalue weighted by molar-refractivity contribution is 6.00. The van der Waals surface area contributed by atoms with Crippen LogP contribution in [0, 0.1) is 58.2 Å². The molecule has 0 atom stereocenters. The Morgan fingerprint density at radius 3 is 0.845 bits per heavy atom. The molecule has 0 unspecified atom stereocenters. The van der Waals surface area contributed by atoms with Gasteiger partial charge in [-0.2, -0.15) is 0 Å². The number of nitrogens with one attached hydrogen (secondary N) is 2. The van der Waals surface area contributed by atoms with Crippen molar-refractivity contribution in [3.63, 3.8) is 0 Å². The van der Waals surface area contributed by atoms with Crippen LogP contribution in [0.25, 0.3) is 90.9 Å². The first-order valence-corrected chi connectivity index (χ1v) is 17.2. The molecule has 5 heterocycles. The van der Waals surface area contributed by atoms with Crippen molar-refractivity contribution in [1.82, 2.24) is 19.9 Å². The van der Waals surface area contributed by atoms with Crippen molar-refractivity contribution in [3.05, 3.63) is 166 Å². The average molecular weight is 795 g/mol. The first-order valence-electron chi connectivity index (χ1n) is 17.2. The molecule has 7 aromatic rings. The van der Waals surface area contributed by atoms with Crippen LogP contribution < -0.4 is 0 Å². The molecule has 4 nitrogen and oxygen atoms in total. The van der Waals surface area contributed by atoms with Gasteiger partial charge in [0.2, 0.25) is 11.6 Å². The van der Waals surface area contributed by atoms with Gasteiger partial charge in [-0.25, -0.2) is 53.9 Å². The Bertz CT molecular complexity index is 2850. The zero-order chi connectivity index (χ0) is 40.6. The molecule has 0 fully saturated rings. The third-order valence-electron chi connectivity index (χ3n) is 9.80. The second-order valence-electron chi connectivity index (χ2n) is 13.1. The van der Waals surface area contributed by atoms with Crippen molar-refractivity contribution in [2.75, 3.05) is 0 Å². The van der Waals surface area contributed by atoms with Gasteiger partial charge in [0.25, 0.3) is 0 Å². The summed E-state index contributed by atoms with van der Waals surface area (Å²) in [6, 6.07) is 22.3. The van der Waals surface area contributed by atoms with Crippen LogP contribution >= 0.6 is 0 Å². The Labute approximate surface area is 320 Å². The van der Waals surface area contributed by atoms with Crippen LogP contribution in [0.1, 0.15) is 22.8 Å². The van der Waals surface area contributed by atoms with Gasteiger partial charge in [-0.1, -0.05) is 60.7 Å². The Morgan fingerprint density at radius 2 is 0.534 bits per heavy atom. The summed E-state index contributed by atoms with van der Waals surface area (Å²) in [5, 5.41) is 0. The van der Waals surface area contributed by atoms with Gasteiger partial charge in [0.05, 0.1) is 33.9 Å². The van der Waals surface area contributed by atoms with Gasteiger partial charge in [0.15, 0.2) is 46.5 Å². The Balaban J connectivity index is 1.53. The topological polar surface area (TPSA) is 57.4 Å². The van der Waals surface area contributed by atoms with E-state index in [1.807, 2.05) is 0 Å². The maximum Gasteiger partial charge on any atom is 0.200 e. The maximum atomic E-state index is 15.8. The normalized spacial score (nSPS) is 12.2. The summed E-state index contributed by atoms with van der Waals surface area (Å²) in [7, 11) is 0. The second kappa shape index (κ2) is 13.8. The lowest BCUT2D eigenvalue weighted by atomic mass is 10.0. The molecule has 4 aromatic carbocycles. The lowest BCUT2D eigenvalue weighted by molar-refractivity contribution is 0.381. The van der Waals surface area contributed by atoms with Crippen LogP contribution in [-0.2, 0) is 0 Å². The van der Waals surface area contributed by atoms with E-state index in [0.29, 0.717) is 11.1 Å². The molecular weight excluding hydrogens is 774 g/mol.